The van der Waals surface area contributed by atoms with E-state index in [0.717, 1.165) is 0 Å². The molecule has 1 fully saturated rings. The molecular weight excluding hydrogens is 385 g/mol. The van der Waals surface area contributed by atoms with Crippen LogP contribution in [0.2, 0.25) is 0 Å². The Morgan fingerprint density at radius 1 is 1.42 bits per heavy atom. The minimum Gasteiger partial charge on any atom is -0.478 e. The molecule has 2 rings (SSSR count). The highest BCUT2D eigenvalue weighted by Crippen LogP contribution is 2.26. The molecule has 1 saturated heterocycles. The minimum atomic E-state index is -3.66. The lowest BCUT2D eigenvalue weighted by molar-refractivity contribution is 0.0695. The topological polar surface area (TPSA) is 94.9 Å². The summed E-state index contributed by atoms with van der Waals surface area (Å²) in [5, 5.41) is 17.9. The van der Waals surface area contributed by atoms with Crippen molar-refractivity contribution in [2.45, 2.75) is 4.90 Å². The Labute approximate surface area is 124 Å². The van der Waals surface area contributed by atoms with Gasteiger partial charge in [-0.3, -0.25) is 0 Å². The average Bonchev–Trinajstić information content (AvgIpc) is 2.27. The third-order valence-electron chi connectivity index (χ3n) is 2.99. The second-order valence-corrected chi connectivity index (χ2v) is 7.42. The van der Waals surface area contributed by atoms with Crippen LogP contribution in [0.1, 0.15) is 10.4 Å². The van der Waals surface area contributed by atoms with E-state index in [4.69, 9.17) is 10.2 Å². The highest BCUT2D eigenvalue weighted by Gasteiger charge is 2.36. The van der Waals surface area contributed by atoms with Gasteiger partial charge in [0.25, 0.3) is 0 Å². The number of sulfonamides is 1. The molecule has 0 bridgehead atoms. The molecular formula is C11H12INO5S. The molecule has 0 amide bonds. The summed E-state index contributed by atoms with van der Waals surface area (Å²) in [4.78, 5) is 11.0. The second kappa shape index (κ2) is 5.35. The Kier molecular flexibility index (Phi) is 4.14. The van der Waals surface area contributed by atoms with Crippen molar-refractivity contribution in [2.75, 3.05) is 19.7 Å². The number of hydrogen-bond acceptors (Lipinski definition) is 4. The normalized spacial score (nSPS) is 17.2. The maximum atomic E-state index is 12.2. The Balaban J connectivity index is 2.32. The van der Waals surface area contributed by atoms with Gasteiger partial charge in [0.05, 0.1) is 10.5 Å². The number of aliphatic hydroxyl groups excluding tert-OH is 1. The molecule has 1 aromatic rings. The van der Waals surface area contributed by atoms with Crippen molar-refractivity contribution in [3.8, 4) is 0 Å². The molecule has 0 atom stereocenters. The van der Waals surface area contributed by atoms with Crippen molar-refractivity contribution in [3.63, 3.8) is 0 Å². The van der Waals surface area contributed by atoms with E-state index < -0.39 is 16.0 Å². The number of carboxylic acid groups (broad SMARTS) is 1. The zero-order valence-electron chi connectivity index (χ0n) is 9.78. The molecule has 19 heavy (non-hydrogen) atoms. The van der Waals surface area contributed by atoms with Crippen LogP contribution in [0.15, 0.2) is 23.1 Å². The number of nitrogens with zero attached hydrogens (tertiary/aromatic N) is 1. The summed E-state index contributed by atoms with van der Waals surface area (Å²) in [6.07, 6.45) is 0. The molecule has 104 valence electrons. The Morgan fingerprint density at radius 2 is 2.05 bits per heavy atom. The van der Waals surface area contributed by atoms with Crippen LogP contribution < -0.4 is 0 Å². The van der Waals surface area contributed by atoms with Crippen molar-refractivity contribution in [1.29, 1.82) is 0 Å². The first kappa shape index (κ1) is 14.7. The van der Waals surface area contributed by atoms with Crippen LogP contribution in [-0.2, 0) is 10.0 Å². The first-order valence-electron chi connectivity index (χ1n) is 5.50. The maximum Gasteiger partial charge on any atom is 0.336 e. The van der Waals surface area contributed by atoms with Gasteiger partial charge in [0.2, 0.25) is 10.0 Å². The Morgan fingerprint density at radius 3 is 2.58 bits per heavy atom. The molecule has 1 aliphatic heterocycles. The summed E-state index contributed by atoms with van der Waals surface area (Å²) in [6, 6.07) is 4.04. The van der Waals surface area contributed by atoms with E-state index in [-0.39, 0.29) is 36.1 Å². The van der Waals surface area contributed by atoms with E-state index in [1.807, 2.05) is 22.6 Å². The van der Waals surface area contributed by atoms with Crippen LogP contribution >= 0.6 is 22.6 Å². The maximum absolute atomic E-state index is 12.2. The van der Waals surface area contributed by atoms with Gasteiger partial charge in [-0.05, 0) is 40.8 Å². The highest BCUT2D eigenvalue weighted by molar-refractivity contribution is 14.1. The van der Waals surface area contributed by atoms with E-state index in [0.29, 0.717) is 3.57 Å². The van der Waals surface area contributed by atoms with Crippen LogP contribution in [0.4, 0.5) is 0 Å². The van der Waals surface area contributed by atoms with Crippen molar-refractivity contribution < 1.29 is 23.4 Å². The lowest BCUT2D eigenvalue weighted by atomic mass is 10.1. The molecule has 0 saturated carbocycles. The fourth-order valence-corrected chi connectivity index (χ4v) is 4.00. The Hall–Kier alpha value is -0.710. The van der Waals surface area contributed by atoms with Gasteiger partial charge in [-0.15, -0.1) is 0 Å². The first-order chi connectivity index (χ1) is 8.86. The summed E-state index contributed by atoms with van der Waals surface area (Å²) in [6.45, 7) is 0.500. The van der Waals surface area contributed by atoms with Gasteiger partial charge in [0, 0.05) is 29.2 Å². The third-order valence-corrected chi connectivity index (χ3v) is 5.76. The van der Waals surface area contributed by atoms with Crippen LogP contribution in [0.25, 0.3) is 0 Å². The summed E-state index contributed by atoms with van der Waals surface area (Å²) in [5.74, 6) is -1.18. The predicted octanol–water partition coefficient (Wildman–Crippen LogP) is 0.602. The number of aromatic carboxylic acids is 1. The standard InChI is InChI=1S/C11H12INO5S/c12-10-2-1-8(3-9(10)11(15)16)19(17,18)13-4-7(5-13)6-14/h1-3,7,14H,4-6H2,(H,15,16). The summed E-state index contributed by atoms with van der Waals surface area (Å²) in [7, 11) is -3.66. The van der Waals surface area contributed by atoms with Gasteiger partial charge >= 0.3 is 5.97 Å². The largest absolute Gasteiger partial charge is 0.478 e. The molecule has 1 aliphatic rings. The number of rotatable bonds is 4. The molecule has 2 N–H and O–H groups in total. The van der Waals surface area contributed by atoms with Crippen molar-refractivity contribution in [3.05, 3.63) is 27.3 Å². The minimum absolute atomic E-state index is 0.0262. The lowest BCUT2D eigenvalue weighted by Gasteiger charge is -2.36. The van der Waals surface area contributed by atoms with Crippen molar-refractivity contribution in [2.24, 2.45) is 5.92 Å². The molecule has 8 heteroatoms. The zero-order chi connectivity index (χ0) is 14.2. The highest BCUT2D eigenvalue weighted by atomic mass is 127. The van der Waals surface area contributed by atoms with Crippen LogP contribution in [0, 0.1) is 9.49 Å². The van der Waals surface area contributed by atoms with Crippen LogP contribution in [-0.4, -0.2) is 48.6 Å². The monoisotopic (exact) mass is 397 g/mol. The molecule has 0 spiro atoms. The molecule has 6 nitrogen and oxygen atoms in total. The quantitative estimate of drug-likeness (QED) is 0.726. The third kappa shape index (κ3) is 2.76. The number of carbonyl (C=O) groups is 1. The van der Waals surface area contributed by atoms with Crippen molar-refractivity contribution in [1.82, 2.24) is 4.31 Å². The van der Waals surface area contributed by atoms with Crippen molar-refractivity contribution >= 4 is 38.6 Å². The zero-order valence-corrected chi connectivity index (χ0v) is 12.8. The van der Waals surface area contributed by atoms with E-state index in [1.54, 1.807) is 0 Å². The number of carboxylic acids is 1. The molecule has 0 aliphatic carbocycles. The van der Waals surface area contributed by atoms with E-state index in [2.05, 4.69) is 0 Å². The predicted molar refractivity (Wildman–Crippen MR) is 75.5 cm³/mol. The van der Waals surface area contributed by atoms with E-state index in [1.165, 1.54) is 22.5 Å². The number of aliphatic hydroxyl groups is 1. The molecule has 1 heterocycles. The molecule has 1 aromatic carbocycles. The second-order valence-electron chi connectivity index (χ2n) is 4.32. The van der Waals surface area contributed by atoms with Gasteiger partial charge in [-0.2, -0.15) is 4.31 Å². The summed E-state index contributed by atoms with van der Waals surface area (Å²) in [5.41, 5.74) is -0.0269. The fourth-order valence-electron chi connectivity index (χ4n) is 1.81. The summed E-state index contributed by atoms with van der Waals surface area (Å²) < 4.78 is 26.1. The molecule has 0 aromatic heterocycles. The lowest BCUT2D eigenvalue weighted by Crippen LogP contribution is -2.51. The van der Waals surface area contributed by atoms with Gasteiger partial charge in [-0.25, -0.2) is 13.2 Å². The summed E-state index contributed by atoms with van der Waals surface area (Å²) >= 11 is 1.85. The SMILES string of the molecule is O=C(O)c1cc(S(=O)(=O)N2CC(CO)C2)ccc1I. The fraction of sp³-hybridized carbons (Fsp3) is 0.364. The van der Waals surface area contributed by atoms with E-state index >= 15 is 0 Å². The van der Waals surface area contributed by atoms with Gasteiger partial charge in [-0.1, -0.05) is 0 Å². The number of halogens is 1. The van der Waals surface area contributed by atoms with Gasteiger partial charge in [0.15, 0.2) is 0 Å². The number of hydrogen-bond donors (Lipinski definition) is 2. The average molecular weight is 397 g/mol. The van der Waals surface area contributed by atoms with Gasteiger partial charge in [0.1, 0.15) is 0 Å². The van der Waals surface area contributed by atoms with E-state index in [9.17, 15) is 13.2 Å². The van der Waals surface area contributed by atoms with Crippen LogP contribution in [0.5, 0.6) is 0 Å². The molecule has 0 unspecified atom stereocenters. The smallest absolute Gasteiger partial charge is 0.336 e. The van der Waals surface area contributed by atoms with Crippen LogP contribution in [0.3, 0.4) is 0 Å². The number of benzene rings is 1. The first-order valence-corrected chi connectivity index (χ1v) is 8.02. The van der Waals surface area contributed by atoms with Gasteiger partial charge < -0.3 is 10.2 Å². The Bertz CT molecular complexity index is 610. The molecule has 0 radical (unpaired) electrons.